The maximum atomic E-state index is 11.9. The molecule has 21 heavy (non-hydrogen) atoms. The van der Waals surface area contributed by atoms with Gasteiger partial charge in [0, 0.05) is 5.69 Å². The van der Waals surface area contributed by atoms with Gasteiger partial charge in [-0.1, -0.05) is 42.5 Å². The molecule has 2 aromatic rings. The summed E-state index contributed by atoms with van der Waals surface area (Å²) in [6.45, 7) is 4.01. The first-order chi connectivity index (χ1) is 10.0. The second kappa shape index (κ2) is 6.99. The van der Waals surface area contributed by atoms with Crippen LogP contribution in [0.5, 0.6) is 0 Å². The second-order valence-electron chi connectivity index (χ2n) is 4.98. The molecule has 0 unspecified atom stereocenters. The average Bonchev–Trinajstić information content (AvgIpc) is 2.43. The highest BCUT2D eigenvalue weighted by molar-refractivity contribution is 7.80. The van der Waals surface area contributed by atoms with Crippen molar-refractivity contribution in [3.8, 4) is 0 Å². The van der Waals surface area contributed by atoms with Crippen LogP contribution in [0.25, 0.3) is 0 Å². The number of rotatable bonds is 3. The molecule has 0 aromatic heterocycles. The Morgan fingerprint density at radius 2 is 1.81 bits per heavy atom. The standard InChI is InChI=1S/C17H18N2OS/c1-12-8-9-13(2)15(10-12)18-17(21)19-16(20)11-14-6-4-3-5-7-14/h3-10H,11H2,1-2H3,(H2,18,19,20,21). The Morgan fingerprint density at radius 1 is 1.10 bits per heavy atom. The molecule has 2 N–H and O–H groups in total. The SMILES string of the molecule is Cc1ccc(C)c(NC(=S)NC(=O)Cc2ccccc2)c1. The minimum atomic E-state index is -0.121. The van der Waals surface area contributed by atoms with Crippen molar-refractivity contribution in [1.82, 2.24) is 5.32 Å². The minimum Gasteiger partial charge on any atom is -0.332 e. The van der Waals surface area contributed by atoms with E-state index in [9.17, 15) is 4.79 Å². The monoisotopic (exact) mass is 298 g/mol. The molecule has 3 nitrogen and oxygen atoms in total. The van der Waals surface area contributed by atoms with Gasteiger partial charge in [-0.05, 0) is 48.8 Å². The van der Waals surface area contributed by atoms with Crippen LogP contribution in [0.4, 0.5) is 5.69 Å². The lowest BCUT2D eigenvalue weighted by atomic mass is 10.1. The fraction of sp³-hybridized carbons (Fsp3) is 0.176. The van der Waals surface area contributed by atoms with Crippen molar-refractivity contribution in [1.29, 1.82) is 0 Å². The van der Waals surface area contributed by atoms with E-state index in [0.29, 0.717) is 11.5 Å². The quantitative estimate of drug-likeness (QED) is 0.854. The topological polar surface area (TPSA) is 41.1 Å². The Labute approximate surface area is 130 Å². The van der Waals surface area contributed by atoms with Crippen LogP contribution < -0.4 is 10.6 Å². The number of carbonyl (C=O) groups excluding carboxylic acids is 1. The third-order valence-corrected chi connectivity index (χ3v) is 3.31. The largest absolute Gasteiger partial charge is 0.332 e. The summed E-state index contributed by atoms with van der Waals surface area (Å²) in [7, 11) is 0. The predicted molar refractivity (Wildman–Crippen MR) is 90.4 cm³/mol. The molecule has 0 radical (unpaired) electrons. The predicted octanol–water partition coefficient (Wildman–Crippen LogP) is 3.36. The summed E-state index contributed by atoms with van der Waals surface area (Å²) in [6.07, 6.45) is 0.315. The van der Waals surface area contributed by atoms with Gasteiger partial charge in [0.15, 0.2) is 5.11 Å². The molecule has 4 heteroatoms. The van der Waals surface area contributed by atoms with Gasteiger partial charge in [-0.25, -0.2) is 0 Å². The lowest BCUT2D eigenvalue weighted by Crippen LogP contribution is -2.35. The molecule has 1 amide bonds. The number of amides is 1. The molecule has 2 aromatic carbocycles. The van der Waals surface area contributed by atoms with E-state index in [0.717, 1.165) is 22.4 Å². The molecule has 2 rings (SSSR count). The van der Waals surface area contributed by atoms with Crippen LogP contribution in [0.15, 0.2) is 48.5 Å². The zero-order chi connectivity index (χ0) is 15.2. The summed E-state index contributed by atoms with van der Waals surface area (Å²) < 4.78 is 0. The summed E-state index contributed by atoms with van der Waals surface area (Å²) in [5, 5.41) is 6.10. The number of aryl methyl sites for hydroxylation is 2. The molecule has 0 saturated carbocycles. The van der Waals surface area contributed by atoms with Crippen molar-refractivity contribution in [2.45, 2.75) is 20.3 Å². The number of anilines is 1. The van der Waals surface area contributed by atoms with Crippen LogP contribution in [0.1, 0.15) is 16.7 Å². The van der Waals surface area contributed by atoms with Crippen LogP contribution in [0, 0.1) is 13.8 Å². The first-order valence-corrected chi connectivity index (χ1v) is 7.17. The average molecular weight is 298 g/mol. The van der Waals surface area contributed by atoms with Crippen LogP contribution in [0.3, 0.4) is 0 Å². The second-order valence-corrected chi connectivity index (χ2v) is 5.39. The number of thiocarbonyl (C=S) groups is 1. The smallest absolute Gasteiger partial charge is 0.230 e. The van der Waals surface area contributed by atoms with Crippen molar-refractivity contribution >= 4 is 28.9 Å². The van der Waals surface area contributed by atoms with Crippen molar-refractivity contribution in [3.05, 3.63) is 65.2 Å². The highest BCUT2D eigenvalue weighted by Gasteiger charge is 2.07. The fourth-order valence-corrected chi connectivity index (χ4v) is 2.20. The third-order valence-electron chi connectivity index (χ3n) is 3.10. The van der Waals surface area contributed by atoms with Crippen molar-refractivity contribution in [2.24, 2.45) is 0 Å². The number of hydrogen-bond donors (Lipinski definition) is 2. The lowest BCUT2D eigenvalue weighted by Gasteiger charge is -2.12. The van der Waals surface area contributed by atoms with Gasteiger partial charge in [-0.3, -0.25) is 4.79 Å². The molecular formula is C17H18N2OS. The van der Waals surface area contributed by atoms with E-state index in [4.69, 9.17) is 12.2 Å². The number of nitrogens with one attached hydrogen (secondary N) is 2. The van der Waals surface area contributed by atoms with E-state index in [-0.39, 0.29) is 5.91 Å². The molecule has 0 bridgehead atoms. The molecule has 0 atom stereocenters. The van der Waals surface area contributed by atoms with Gasteiger partial charge in [-0.2, -0.15) is 0 Å². The van der Waals surface area contributed by atoms with Crippen molar-refractivity contribution in [3.63, 3.8) is 0 Å². The third kappa shape index (κ3) is 4.68. The number of carbonyl (C=O) groups is 1. The van der Waals surface area contributed by atoms with E-state index in [2.05, 4.69) is 10.6 Å². The Hall–Kier alpha value is -2.20. The summed E-state index contributed by atoms with van der Waals surface area (Å²) in [5.74, 6) is -0.121. The van der Waals surface area contributed by atoms with Gasteiger partial charge in [-0.15, -0.1) is 0 Å². The maximum Gasteiger partial charge on any atom is 0.230 e. The molecule has 0 spiro atoms. The lowest BCUT2D eigenvalue weighted by molar-refractivity contribution is -0.119. The van der Waals surface area contributed by atoms with Gasteiger partial charge in [0.05, 0.1) is 6.42 Å². The van der Waals surface area contributed by atoms with Gasteiger partial charge in [0.2, 0.25) is 5.91 Å². The highest BCUT2D eigenvalue weighted by Crippen LogP contribution is 2.16. The van der Waals surface area contributed by atoms with Gasteiger partial charge in [0.1, 0.15) is 0 Å². The zero-order valence-corrected chi connectivity index (χ0v) is 13.0. The minimum absolute atomic E-state index is 0.121. The Bertz CT molecular complexity index is 653. The summed E-state index contributed by atoms with van der Waals surface area (Å²) in [5.41, 5.74) is 4.10. The molecule has 0 fully saturated rings. The zero-order valence-electron chi connectivity index (χ0n) is 12.1. The van der Waals surface area contributed by atoms with Crippen LogP contribution in [-0.2, 0) is 11.2 Å². The van der Waals surface area contributed by atoms with E-state index in [1.165, 1.54) is 0 Å². The molecule has 0 aliphatic rings. The van der Waals surface area contributed by atoms with Gasteiger partial charge in [0.25, 0.3) is 0 Å². The van der Waals surface area contributed by atoms with Crippen molar-refractivity contribution in [2.75, 3.05) is 5.32 Å². The van der Waals surface area contributed by atoms with Crippen LogP contribution in [-0.4, -0.2) is 11.0 Å². The Balaban J connectivity index is 1.92. The van der Waals surface area contributed by atoms with E-state index in [1.54, 1.807) is 0 Å². The van der Waals surface area contributed by atoms with E-state index < -0.39 is 0 Å². The van der Waals surface area contributed by atoms with Crippen molar-refractivity contribution < 1.29 is 4.79 Å². The summed E-state index contributed by atoms with van der Waals surface area (Å²) in [6, 6.07) is 15.6. The van der Waals surface area contributed by atoms with E-state index >= 15 is 0 Å². The molecule has 108 valence electrons. The molecule has 0 aliphatic heterocycles. The highest BCUT2D eigenvalue weighted by atomic mass is 32.1. The normalized spacial score (nSPS) is 10.0. The molecule has 0 saturated heterocycles. The fourth-order valence-electron chi connectivity index (χ4n) is 1.98. The Morgan fingerprint density at radius 3 is 2.52 bits per heavy atom. The number of hydrogen-bond acceptors (Lipinski definition) is 2. The first kappa shape index (κ1) is 15.2. The van der Waals surface area contributed by atoms with E-state index in [1.807, 2.05) is 62.4 Å². The Kier molecular flexibility index (Phi) is 5.06. The molecule has 0 heterocycles. The number of benzene rings is 2. The van der Waals surface area contributed by atoms with Crippen LogP contribution >= 0.6 is 12.2 Å². The van der Waals surface area contributed by atoms with Gasteiger partial charge >= 0.3 is 0 Å². The maximum absolute atomic E-state index is 11.9. The summed E-state index contributed by atoms with van der Waals surface area (Å²) in [4.78, 5) is 11.9. The van der Waals surface area contributed by atoms with Gasteiger partial charge < -0.3 is 10.6 Å². The molecular weight excluding hydrogens is 280 g/mol. The summed E-state index contributed by atoms with van der Waals surface area (Å²) >= 11 is 5.19. The van der Waals surface area contributed by atoms with Crippen LogP contribution in [0.2, 0.25) is 0 Å². The first-order valence-electron chi connectivity index (χ1n) is 6.76. The molecule has 0 aliphatic carbocycles.